The maximum Gasteiger partial charge on any atom is 0.245 e. The van der Waals surface area contributed by atoms with Gasteiger partial charge < -0.3 is 5.32 Å². The third-order valence-electron chi connectivity index (χ3n) is 7.18. The Morgan fingerprint density at radius 2 is 1.90 bits per heavy atom. The van der Waals surface area contributed by atoms with Crippen LogP contribution in [0.3, 0.4) is 0 Å². The van der Waals surface area contributed by atoms with Crippen LogP contribution in [0, 0.1) is 28.0 Å². The Bertz CT molecular complexity index is 1210. The van der Waals surface area contributed by atoms with Crippen LogP contribution in [0.1, 0.15) is 43.6 Å². The van der Waals surface area contributed by atoms with Gasteiger partial charge in [0.15, 0.2) is 0 Å². The summed E-state index contributed by atoms with van der Waals surface area (Å²) >= 11 is 5.91. The molecule has 1 heterocycles. The Balaban J connectivity index is 1.33. The van der Waals surface area contributed by atoms with Gasteiger partial charge in [0.2, 0.25) is 5.91 Å². The molecule has 156 valence electrons. The summed E-state index contributed by atoms with van der Waals surface area (Å²) in [6, 6.07) is 15.9. The minimum absolute atomic E-state index is 0.229. The van der Waals surface area contributed by atoms with Crippen molar-refractivity contribution < 1.29 is 9.18 Å². The van der Waals surface area contributed by atoms with E-state index < -0.39 is 5.41 Å². The maximum atomic E-state index is 13.8. The molecule has 1 aromatic heterocycles. The topological polar surface area (TPSA) is 65.8 Å². The Kier molecular flexibility index (Phi) is 4.71. The first-order valence-electron chi connectivity index (χ1n) is 10.5. The molecular formula is C25H21ClFN3O. The summed E-state index contributed by atoms with van der Waals surface area (Å²) in [6.45, 7) is 0. The fourth-order valence-electron chi connectivity index (χ4n) is 5.35. The third kappa shape index (κ3) is 3.26. The number of anilines is 1. The number of hydrogen-bond donors (Lipinski definition) is 1. The summed E-state index contributed by atoms with van der Waals surface area (Å²) in [7, 11) is 0. The highest BCUT2D eigenvalue weighted by Gasteiger charge is 2.72. The van der Waals surface area contributed by atoms with Gasteiger partial charge in [0.1, 0.15) is 11.2 Å². The van der Waals surface area contributed by atoms with Crippen LogP contribution in [-0.4, -0.2) is 10.9 Å². The molecule has 3 aromatic rings. The molecule has 1 unspecified atom stereocenters. The molecule has 31 heavy (non-hydrogen) atoms. The number of pyridine rings is 1. The van der Waals surface area contributed by atoms with E-state index in [1.165, 1.54) is 6.07 Å². The Morgan fingerprint density at radius 1 is 1.16 bits per heavy atom. The highest BCUT2D eigenvalue weighted by Crippen LogP contribution is 2.71. The number of nitrogens with one attached hydrogen (secondary N) is 1. The van der Waals surface area contributed by atoms with E-state index >= 15 is 0 Å². The lowest BCUT2D eigenvalue weighted by molar-refractivity contribution is -0.120. The van der Waals surface area contributed by atoms with Crippen LogP contribution >= 0.6 is 11.6 Å². The number of carbonyl (C=O) groups is 1. The second-order valence-electron chi connectivity index (χ2n) is 8.77. The first kappa shape index (κ1) is 20.0. The summed E-state index contributed by atoms with van der Waals surface area (Å²) in [5.74, 6) is -0.222. The Hall–Kier alpha value is -2.97. The average Bonchev–Trinajstić information content (AvgIpc) is 3.43. The van der Waals surface area contributed by atoms with E-state index in [1.54, 1.807) is 42.6 Å². The largest absolute Gasteiger partial charge is 0.325 e. The van der Waals surface area contributed by atoms with Gasteiger partial charge in [0.05, 0.1) is 11.6 Å². The average molecular weight is 434 g/mol. The molecule has 1 atom stereocenters. The Morgan fingerprint density at radius 3 is 2.61 bits per heavy atom. The van der Waals surface area contributed by atoms with Crippen molar-refractivity contribution in [1.82, 2.24) is 4.98 Å². The second-order valence-corrected chi connectivity index (χ2v) is 9.21. The summed E-state index contributed by atoms with van der Waals surface area (Å²) < 4.78 is 13.8. The van der Waals surface area contributed by atoms with Gasteiger partial charge in [-0.25, -0.2) is 4.39 Å². The minimum atomic E-state index is -0.982. The van der Waals surface area contributed by atoms with Crippen molar-refractivity contribution >= 4 is 34.1 Å². The van der Waals surface area contributed by atoms with Gasteiger partial charge in [-0.05, 0) is 92.1 Å². The number of amides is 1. The number of carbonyl (C=O) groups excluding carboxylic acids is 1. The fraction of sp³-hybridized carbons (Fsp3) is 0.320. The predicted molar refractivity (Wildman–Crippen MR) is 118 cm³/mol. The summed E-state index contributed by atoms with van der Waals surface area (Å²) in [5, 5.41) is 14.3. The minimum Gasteiger partial charge on any atom is -0.325 e. The molecular weight excluding hydrogens is 413 g/mol. The highest BCUT2D eigenvalue weighted by atomic mass is 35.5. The van der Waals surface area contributed by atoms with E-state index in [-0.39, 0.29) is 23.1 Å². The molecule has 0 aliphatic heterocycles. The molecule has 2 aliphatic carbocycles. The molecule has 2 saturated carbocycles. The number of rotatable bonds is 3. The lowest BCUT2D eigenvalue weighted by Gasteiger charge is -2.31. The zero-order valence-electron chi connectivity index (χ0n) is 16.9. The highest BCUT2D eigenvalue weighted by molar-refractivity contribution is 6.30. The molecule has 0 bridgehead atoms. The zero-order chi connectivity index (χ0) is 21.6. The number of aromatic nitrogens is 1. The zero-order valence-corrected chi connectivity index (χ0v) is 17.6. The Labute approximate surface area is 185 Å². The maximum absolute atomic E-state index is 13.8. The van der Waals surface area contributed by atoms with Crippen LogP contribution in [0.2, 0.25) is 5.02 Å². The molecule has 1 amide bonds. The van der Waals surface area contributed by atoms with Crippen LogP contribution in [0.25, 0.3) is 10.9 Å². The van der Waals surface area contributed by atoms with Gasteiger partial charge in [0.25, 0.3) is 0 Å². The van der Waals surface area contributed by atoms with Gasteiger partial charge >= 0.3 is 0 Å². The third-order valence-corrected chi connectivity index (χ3v) is 7.44. The number of nitriles is 1. The smallest absolute Gasteiger partial charge is 0.245 e. The first-order valence-corrected chi connectivity index (χ1v) is 10.9. The van der Waals surface area contributed by atoms with Crippen LogP contribution < -0.4 is 5.32 Å². The summed E-state index contributed by atoms with van der Waals surface area (Å²) in [6.07, 6.45) is 5.71. The van der Waals surface area contributed by atoms with Crippen LogP contribution in [0.15, 0.2) is 54.7 Å². The van der Waals surface area contributed by atoms with E-state index in [0.29, 0.717) is 17.1 Å². The molecule has 0 saturated heterocycles. The van der Waals surface area contributed by atoms with Crippen molar-refractivity contribution in [2.45, 2.75) is 38.0 Å². The van der Waals surface area contributed by atoms with E-state index in [0.717, 1.165) is 42.1 Å². The molecule has 1 N–H and O–H groups in total. The molecule has 5 rings (SSSR count). The van der Waals surface area contributed by atoms with Crippen LogP contribution in [-0.2, 0) is 4.79 Å². The van der Waals surface area contributed by atoms with Crippen LogP contribution in [0.5, 0.6) is 0 Å². The number of hydrogen-bond acceptors (Lipinski definition) is 3. The summed E-state index contributed by atoms with van der Waals surface area (Å²) in [5.41, 5.74) is 1.28. The van der Waals surface area contributed by atoms with Crippen molar-refractivity contribution in [3.63, 3.8) is 0 Å². The molecule has 4 nitrogen and oxygen atoms in total. The summed E-state index contributed by atoms with van der Waals surface area (Å²) in [4.78, 5) is 17.4. The fourth-order valence-corrected chi connectivity index (χ4v) is 5.47. The molecule has 2 fully saturated rings. The quantitative estimate of drug-likeness (QED) is 0.532. The first-order chi connectivity index (χ1) is 15.0. The number of benzene rings is 2. The van der Waals surface area contributed by atoms with E-state index in [1.807, 2.05) is 6.07 Å². The van der Waals surface area contributed by atoms with Crippen molar-refractivity contribution in [3.8, 4) is 6.07 Å². The van der Waals surface area contributed by atoms with Crippen molar-refractivity contribution in [2.24, 2.45) is 10.8 Å². The van der Waals surface area contributed by atoms with Gasteiger partial charge in [-0.1, -0.05) is 11.6 Å². The van der Waals surface area contributed by atoms with Gasteiger partial charge in [-0.15, -0.1) is 0 Å². The predicted octanol–water partition coefficient (Wildman–Crippen LogP) is 6.22. The number of nitrogens with zero attached hydrogens (tertiary/aromatic N) is 2. The van der Waals surface area contributed by atoms with Crippen molar-refractivity contribution in [1.29, 1.82) is 5.26 Å². The lowest BCUT2D eigenvalue weighted by atomic mass is 9.72. The van der Waals surface area contributed by atoms with E-state index in [9.17, 15) is 14.4 Å². The lowest BCUT2D eigenvalue weighted by Crippen LogP contribution is -2.31. The van der Waals surface area contributed by atoms with E-state index in [4.69, 9.17) is 11.6 Å². The molecule has 6 heteroatoms. The van der Waals surface area contributed by atoms with Crippen molar-refractivity contribution in [3.05, 3.63) is 71.1 Å². The van der Waals surface area contributed by atoms with Gasteiger partial charge in [-0.2, -0.15) is 5.26 Å². The van der Waals surface area contributed by atoms with Crippen LogP contribution in [0.4, 0.5) is 10.1 Å². The number of fused-ring (bicyclic) bond motifs is 1. The van der Waals surface area contributed by atoms with Crippen molar-refractivity contribution in [2.75, 3.05) is 5.32 Å². The molecule has 1 spiro atoms. The van der Waals surface area contributed by atoms with E-state index in [2.05, 4.69) is 16.4 Å². The molecule has 2 aromatic carbocycles. The normalized spacial score (nSPS) is 27.1. The van der Waals surface area contributed by atoms with Gasteiger partial charge in [-0.3, -0.25) is 9.78 Å². The second kappa shape index (κ2) is 7.32. The molecule has 0 radical (unpaired) electrons. The standard InChI is InChI=1S/C25H21ClFN3O/c26-17-1-4-19(5-2-17)30-23(31)25(15-28)14-24(25)10-7-16(8-11-24)20-9-12-29-22-6-3-18(27)13-21(20)22/h1-6,9,12-13,16H,7-8,10-11,14H2,(H,30,31). The molecule has 2 aliphatic rings. The monoisotopic (exact) mass is 433 g/mol. The van der Waals surface area contributed by atoms with Gasteiger partial charge in [0, 0.05) is 27.7 Å². The SMILES string of the molecule is N#CC1(C(=O)Nc2ccc(Cl)cc2)CC12CCC(c1ccnc3ccc(F)cc13)CC2. The number of halogens is 2.